The lowest BCUT2D eigenvalue weighted by Gasteiger charge is -2.43. The van der Waals surface area contributed by atoms with Crippen LogP contribution in [-0.4, -0.2) is 41.9 Å². The number of carbonyl (C=O) groups is 2. The molecule has 1 saturated heterocycles. The number of amides is 2. The zero-order valence-corrected chi connectivity index (χ0v) is 18.4. The summed E-state index contributed by atoms with van der Waals surface area (Å²) in [5.74, 6) is 0.840. The van der Waals surface area contributed by atoms with E-state index in [0.29, 0.717) is 11.6 Å². The maximum Gasteiger partial charge on any atom is 0.254 e. The van der Waals surface area contributed by atoms with Crippen LogP contribution in [0.5, 0.6) is 0 Å². The van der Waals surface area contributed by atoms with Crippen molar-refractivity contribution in [2.45, 2.75) is 77.4 Å². The molecule has 164 valence electrons. The molecule has 5 nitrogen and oxygen atoms in total. The SMILES string of the molecule is CC(=O)NC1C(=O)N(C2CCN([C@H]3CC[C@@H](C(C)C)CC3)CC2)c2ccc(F)cc21. The number of fused-ring (bicyclic) bond motifs is 1. The number of anilines is 1. The standard InChI is InChI=1S/C24H34FN3O2/c1-15(2)17-4-7-19(8-5-17)27-12-10-20(11-13-27)28-22-9-6-18(25)14-21(22)23(24(28)30)26-16(3)29/h6,9,14-15,17,19-20,23H,4-5,7-8,10-13H2,1-3H3,(H,26,29)/t17-,19+,23?. The van der Waals surface area contributed by atoms with Crippen molar-refractivity contribution in [1.82, 2.24) is 10.2 Å². The number of hydrogen-bond donors (Lipinski definition) is 1. The van der Waals surface area contributed by atoms with Crippen LogP contribution in [0.25, 0.3) is 0 Å². The largest absolute Gasteiger partial charge is 0.341 e. The first kappa shape index (κ1) is 21.3. The van der Waals surface area contributed by atoms with Crippen molar-refractivity contribution in [3.63, 3.8) is 0 Å². The highest BCUT2D eigenvalue weighted by Crippen LogP contribution is 2.40. The number of halogens is 1. The van der Waals surface area contributed by atoms with Gasteiger partial charge in [-0.3, -0.25) is 9.59 Å². The molecule has 1 atom stereocenters. The quantitative estimate of drug-likeness (QED) is 0.808. The minimum atomic E-state index is -0.780. The van der Waals surface area contributed by atoms with Crippen molar-refractivity contribution < 1.29 is 14.0 Å². The van der Waals surface area contributed by atoms with Gasteiger partial charge in [0, 0.05) is 37.7 Å². The summed E-state index contributed by atoms with van der Waals surface area (Å²) in [5.41, 5.74) is 1.32. The van der Waals surface area contributed by atoms with Gasteiger partial charge in [0.2, 0.25) is 5.91 Å². The van der Waals surface area contributed by atoms with Gasteiger partial charge in [-0.05, 0) is 68.6 Å². The van der Waals surface area contributed by atoms with Crippen molar-refractivity contribution in [2.75, 3.05) is 18.0 Å². The third-order valence-corrected chi connectivity index (χ3v) is 7.46. The Morgan fingerprint density at radius 1 is 1.07 bits per heavy atom. The van der Waals surface area contributed by atoms with Gasteiger partial charge in [0.25, 0.3) is 5.91 Å². The Kier molecular flexibility index (Phi) is 6.14. The van der Waals surface area contributed by atoms with Crippen LogP contribution in [0.1, 0.15) is 70.9 Å². The fraction of sp³-hybridized carbons (Fsp3) is 0.667. The second-order valence-electron chi connectivity index (χ2n) is 9.62. The van der Waals surface area contributed by atoms with E-state index < -0.39 is 6.04 Å². The smallest absolute Gasteiger partial charge is 0.254 e. The van der Waals surface area contributed by atoms with Crippen molar-refractivity contribution in [3.05, 3.63) is 29.6 Å². The molecule has 0 aromatic heterocycles. The van der Waals surface area contributed by atoms with Crippen LogP contribution >= 0.6 is 0 Å². The van der Waals surface area contributed by atoms with Gasteiger partial charge in [-0.25, -0.2) is 4.39 Å². The third kappa shape index (κ3) is 4.11. The predicted molar refractivity (Wildman–Crippen MR) is 116 cm³/mol. The lowest BCUT2D eigenvalue weighted by Crippen LogP contribution is -2.50. The molecule has 0 bridgehead atoms. The molecule has 2 heterocycles. The molecule has 1 saturated carbocycles. The van der Waals surface area contributed by atoms with Crippen LogP contribution in [0.2, 0.25) is 0 Å². The molecule has 1 aromatic rings. The van der Waals surface area contributed by atoms with Gasteiger partial charge >= 0.3 is 0 Å². The molecule has 4 rings (SSSR count). The van der Waals surface area contributed by atoms with E-state index in [4.69, 9.17) is 0 Å². The Morgan fingerprint density at radius 2 is 1.73 bits per heavy atom. The number of piperidine rings is 1. The van der Waals surface area contributed by atoms with Crippen molar-refractivity contribution >= 4 is 17.5 Å². The molecule has 1 aliphatic carbocycles. The molecule has 6 heteroatoms. The van der Waals surface area contributed by atoms with Crippen LogP contribution in [-0.2, 0) is 9.59 Å². The zero-order chi connectivity index (χ0) is 21.4. The summed E-state index contributed by atoms with van der Waals surface area (Å²) in [6, 6.07) is 4.46. The van der Waals surface area contributed by atoms with Gasteiger partial charge in [-0.15, -0.1) is 0 Å². The van der Waals surface area contributed by atoms with Gasteiger partial charge in [-0.2, -0.15) is 0 Å². The Bertz CT molecular complexity index is 796. The summed E-state index contributed by atoms with van der Waals surface area (Å²) >= 11 is 0. The first-order valence-electron chi connectivity index (χ1n) is 11.5. The number of carbonyl (C=O) groups excluding carboxylic acids is 2. The number of hydrogen-bond acceptors (Lipinski definition) is 3. The molecule has 0 spiro atoms. The summed E-state index contributed by atoms with van der Waals surface area (Å²) in [6.07, 6.45) is 7.04. The Morgan fingerprint density at radius 3 is 2.33 bits per heavy atom. The summed E-state index contributed by atoms with van der Waals surface area (Å²) in [6.45, 7) is 8.05. The number of nitrogens with zero attached hydrogens (tertiary/aromatic N) is 2. The molecule has 30 heavy (non-hydrogen) atoms. The van der Waals surface area contributed by atoms with E-state index in [1.54, 1.807) is 6.07 Å². The van der Waals surface area contributed by atoms with Crippen molar-refractivity contribution in [2.24, 2.45) is 11.8 Å². The highest BCUT2D eigenvalue weighted by atomic mass is 19.1. The molecule has 2 aliphatic heterocycles. The van der Waals surface area contributed by atoms with Gasteiger partial charge in [0.05, 0.1) is 5.69 Å². The third-order valence-electron chi connectivity index (χ3n) is 7.46. The van der Waals surface area contributed by atoms with E-state index in [2.05, 4.69) is 24.1 Å². The molecule has 2 amide bonds. The second-order valence-corrected chi connectivity index (χ2v) is 9.62. The van der Waals surface area contributed by atoms with E-state index in [0.717, 1.165) is 43.5 Å². The van der Waals surface area contributed by atoms with E-state index in [1.807, 2.05) is 4.90 Å². The van der Waals surface area contributed by atoms with Crippen LogP contribution in [0.3, 0.4) is 0 Å². The molecule has 1 N–H and O–H groups in total. The first-order valence-corrected chi connectivity index (χ1v) is 11.5. The zero-order valence-electron chi connectivity index (χ0n) is 18.4. The highest BCUT2D eigenvalue weighted by molar-refractivity contribution is 6.06. The van der Waals surface area contributed by atoms with Crippen LogP contribution < -0.4 is 10.2 Å². The molecular weight excluding hydrogens is 381 g/mol. The Hall–Kier alpha value is -1.95. The molecule has 0 radical (unpaired) electrons. The summed E-state index contributed by atoms with van der Waals surface area (Å²) < 4.78 is 13.9. The number of likely N-dealkylation sites (tertiary alicyclic amines) is 1. The fourth-order valence-corrected chi connectivity index (χ4v) is 5.73. The number of rotatable bonds is 4. The second kappa shape index (κ2) is 8.66. The van der Waals surface area contributed by atoms with Gasteiger partial charge < -0.3 is 15.1 Å². The summed E-state index contributed by atoms with van der Waals surface area (Å²) in [4.78, 5) is 29.2. The topological polar surface area (TPSA) is 52.7 Å². The molecule has 1 unspecified atom stereocenters. The van der Waals surface area contributed by atoms with Gasteiger partial charge in [0.15, 0.2) is 0 Å². The van der Waals surface area contributed by atoms with Crippen LogP contribution in [0, 0.1) is 17.7 Å². The average Bonchev–Trinajstić information content (AvgIpc) is 2.99. The lowest BCUT2D eigenvalue weighted by molar-refractivity contribution is -0.126. The Labute approximate surface area is 179 Å². The molecule has 2 fully saturated rings. The van der Waals surface area contributed by atoms with Crippen molar-refractivity contribution in [1.29, 1.82) is 0 Å². The average molecular weight is 416 g/mol. The highest BCUT2D eigenvalue weighted by Gasteiger charge is 2.42. The lowest BCUT2D eigenvalue weighted by atomic mass is 9.79. The first-order chi connectivity index (χ1) is 14.3. The maximum atomic E-state index is 13.9. The molecular formula is C24H34FN3O2. The Balaban J connectivity index is 1.42. The fourth-order valence-electron chi connectivity index (χ4n) is 5.73. The number of nitrogens with one attached hydrogen (secondary N) is 1. The van der Waals surface area contributed by atoms with Gasteiger partial charge in [0.1, 0.15) is 11.9 Å². The van der Waals surface area contributed by atoms with E-state index in [-0.39, 0.29) is 23.7 Å². The van der Waals surface area contributed by atoms with Crippen LogP contribution in [0.15, 0.2) is 18.2 Å². The monoisotopic (exact) mass is 415 g/mol. The van der Waals surface area contributed by atoms with E-state index >= 15 is 0 Å². The minimum Gasteiger partial charge on any atom is -0.341 e. The molecule has 3 aliphatic rings. The molecule has 1 aromatic carbocycles. The maximum absolute atomic E-state index is 13.9. The van der Waals surface area contributed by atoms with E-state index in [1.165, 1.54) is 44.7 Å². The normalized spacial score (nSPS) is 28.1. The minimum absolute atomic E-state index is 0.101. The van der Waals surface area contributed by atoms with Gasteiger partial charge in [-0.1, -0.05) is 13.8 Å². The number of benzene rings is 1. The van der Waals surface area contributed by atoms with Crippen LogP contribution in [0.4, 0.5) is 10.1 Å². The van der Waals surface area contributed by atoms with Crippen molar-refractivity contribution in [3.8, 4) is 0 Å². The summed E-state index contributed by atoms with van der Waals surface area (Å²) in [5, 5.41) is 2.71. The predicted octanol–water partition coefficient (Wildman–Crippen LogP) is 4.03. The summed E-state index contributed by atoms with van der Waals surface area (Å²) in [7, 11) is 0. The van der Waals surface area contributed by atoms with E-state index in [9.17, 15) is 14.0 Å².